The molecule has 0 aliphatic heterocycles. The zero-order valence-electron chi connectivity index (χ0n) is 8.25. The van der Waals surface area contributed by atoms with Crippen LogP contribution in [-0.4, -0.2) is 18.6 Å². The SMILES string of the molecule is CCN(C)c1ccc(C(N)=S)c(Cl)c1. The molecule has 1 rings (SSSR count). The maximum atomic E-state index is 6.03. The van der Waals surface area contributed by atoms with Crippen LogP contribution in [-0.2, 0) is 0 Å². The molecule has 1 aromatic carbocycles. The lowest BCUT2D eigenvalue weighted by atomic mass is 10.2. The minimum atomic E-state index is 0.334. The number of halogens is 1. The zero-order chi connectivity index (χ0) is 10.7. The van der Waals surface area contributed by atoms with E-state index in [1.165, 1.54) is 0 Å². The van der Waals surface area contributed by atoms with Crippen LogP contribution in [0.1, 0.15) is 12.5 Å². The Kier molecular flexibility index (Phi) is 3.72. The molecule has 0 saturated heterocycles. The second kappa shape index (κ2) is 4.62. The van der Waals surface area contributed by atoms with Crippen molar-refractivity contribution in [3.8, 4) is 0 Å². The predicted molar refractivity (Wildman–Crippen MR) is 66.3 cm³/mol. The molecule has 0 aliphatic rings. The van der Waals surface area contributed by atoms with Gasteiger partial charge in [-0.2, -0.15) is 0 Å². The van der Waals surface area contributed by atoms with Crippen LogP contribution in [0.5, 0.6) is 0 Å². The number of hydrogen-bond donors (Lipinski definition) is 1. The summed E-state index contributed by atoms with van der Waals surface area (Å²) in [7, 11) is 2.01. The normalized spacial score (nSPS) is 9.93. The second-order valence-electron chi connectivity index (χ2n) is 3.04. The van der Waals surface area contributed by atoms with Crippen LogP contribution in [0.15, 0.2) is 18.2 Å². The minimum absolute atomic E-state index is 0.334. The van der Waals surface area contributed by atoms with E-state index < -0.39 is 0 Å². The lowest BCUT2D eigenvalue weighted by molar-refractivity contribution is 0.968. The molecule has 0 spiro atoms. The maximum Gasteiger partial charge on any atom is 0.105 e. The van der Waals surface area contributed by atoms with Gasteiger partial charge < -0.3 is 10.6 Å². The van der Waals surface area contributed by atoms with Gasteiger partial charge >= 0.3 is 0 Å². The first-order valence-corrected chi connectivity index (χ1v) is 5.15. The van der Waals surface area contributed by atoms with Gasteiger partial charge in [-0.05, 0) is 25.1 Å². The van der Waals surface area contributed by atoms with Crippen LogP contribution in [0.3, 0.4) is 0 Å². The molecule has 76 valence electrons. The highest BCUT2D eigenvalue weighted by molar-refractivity contribution is 7.80. The lowest BCUT2D eigenvalue weighted by Crippen LogP contribution is -2.16. The van der Waals surface area contributed by atoms with Crippen molar-refractivity contribution >= 4 is 34.5 Å². The summed E-state index contributed by atoms with van der Waals surface area (Å²) in [6.45, 7) is 3.01. The Labute approximate surface area is 94.7 Å². The summed E-state index contributed by atoms with van der Waals surface area (Å²) in [5.41, 5.74) is 7.31. The zero-order valence-corrected chi connectivity index (χ0v) is 9.82. The van der Waals surface area contributed by atoms with Crippen molar-refractivity contribution < 1.29 is 0 Å². The summed E-state index contributed by atoms with van der Waals surface area (Å²) in [5, 5.41) is 0.607. The van der Waals surface area contributed by atoms with Gasteiger partial charge in [0.1, 0.15) is 4.99 Å². The molecule has 0 heterocycles. The molecule has 4 heteroatoms. The average molecular weight is 229 g/mol. The van der Waals surface area contributed by atoms with Crippen LogP contribution in [0.2, 0.25) is 5.02 Å². The Morgan fingerprint density at radius 1 is 1.57 bits per heavy atom. The van der Waals surface area contributed by atoms with Gasteiger partial charge in [0.2, 0.25) is 0 Å². The molecule has 1 aromatic rings. The fourth-order valence-electron chi connectivity index (χ4n) is 1.12. The van der Waals surface area contributed by atoms with Gasteiger partial charge in [0, 0.05) is 24.8 Å². The van der Waals surface area contributed by atoms with Crippen molar-refractivity contribution in [3.63, 3.8) is 0 Å². The molecule has 14 heavy (non-hydrogen) atoms. The Morgan fingerprint density at radius 3 is 2.64 bits per heavy atom. The molecule has 0 atom stereocenters. The summed E-state index contributed by atoms with van der Waals surface area (Å²) in [6, 6.07) is 5.69. The van der Waals surface area contributed by atoms with E-state index in [1.54, 1.807) is 0 Å². The van der Waals surface area contributed by atoms with Crippen molar-refractivity contribution in [1.29, 1.82) is 0 Å². The van der Waals surface area contributed by atoms with Gasteiger partial charge in [-0.1, -0.05) is 23.8 Å². The molecule has 0 aliphatic carbocycles. The first kappa shape index (κ1) is 11.3. The van der Waals surface area contributed by atoms with E-state index in [1.807, 2.05) is 25.2 Å². The maximum absolute atomic E-state index is 6.03. The third-order valence-electron chi connectivity index (χ3n) is 2.13. The molecule has 0 radical (unpaired) electrons. The van der Waals surface area contributed by atoms with Crippen LogP contribution in [0, 0.1) is 0 Å². The van der Waals surface area contributed by atoms with E-state index in [0.29, 0.717) is 10.0 Å². The van der Waals surface area contributed by atoms with Gasteiger partial charge in [-0.15, -0.1) is 0 Å². The monoisotopic (exact) mass is 228 g/mol. The number of nitrogens with zero attached hydrogens (tertiary/aromatic N) is 1. The molecule has 0 amide bonds. The van der Waals surface area contributed by atoms with E-state index in [4.69, 9.17) is 29.6 Å². The largest absolute Gasteiger partial charge is 0.389 e. The predicted octanol–water partition coefficient (Wildman–Crippen LogP) is 2.43. The first-order chi connectivity index (χ1) is 6.56. The number of hydrogen-bond acceptors (Lipinski definition) is 2. The fraction of sp³-hybridized carbons (Fsp3) is 0.300. The molecule has 0 aromatic heterocycles. The number of thiocarbonyl (C=S) groups is 1. The topological polar surface area (TPSA) is 29.3 Å². The lowest BCUT2D eigenvalue weighted by Gasteiger charge is -2.17. The average Bonchev–Trinajstić information content (AvgIpc) is 2.15. The Balaban J connectivity index is 3.06. The molecular formula is C10H13ClN2S. The highest BCUT2D eigenvalue weighted by atomic mass is 35.5. The summed E-state index contributed by atoms with van der Waals surface area (Å²) >= 11 is 10.9. The summed E-state index contributed by atoms with van der Waals surface area (Å²) in [4.78, 5) is 2.43. The van der Waals surface area contributed by atoms with Crippen molar-refractivity contribution in [2.24, 2.45) is 5.73 Å². The van der Waals surface area contributed by atoms with E-state index in [2.05, 4.69) is 11.8 Å². The molecular weight excluding hydrogens is 216 g/mol. The van der Waals surface area contributed by atoms with Crippen LogP contribution < -0.4 is 10.6 Å². The summed E-state index contributed by atoms with van der Waals surface area (Å²) < 4.78 is 0. The van der Waals surface area contributed by atoms with Gasteiger partial charge in [0.25, 0.3) is 0 Å². The molecule has 0 bridgehead atoms. The third kappa shape index (κ3) is 2.36. The quantitative estimate of drug-likeness (QED) is 0.806. The number of nitrogens with two attached hydrogens (primary N) is 1. The highest BCUT2D eigenvalue weighted by Gasteiger charge is 2.05. The van der Waals surface area contributed by atoms with Gasteiger partial charge in [-0.3, -0.25) is 0 Å². The van der Waals surface area contributed by atoms with Gasteiger partial charge in [-0.25, -0.2) is 0 Å². The van der Waals surface area contributed by atoms with Crippen molar-refractivity contribution in [2.75, 3.05) is 18.5 Å². The van der Waals surface area contributed by atoms with Crippen LogP contribution >= 0.6 is 23.8 Å². The van der Waals surface area contributed by atoms with Crippen LogP contribution in [0.25, 0.3) is 0 Å². The van der Waals surface area contributed by atoms with Gasteiger partial charge in [0.15, 0.2) is 0 Å². The van der Waals surface area contributed by atoms with E-state index in [9.17, 15) is 0 Å². The molecule has 0 unspecified atom stereocenters. The Morgan fingerprint density at radius 2 is 2.21 bits per heavy atom. The Hall–Kier alpha value is -0.800. The summed E-state index contributed by atoms with van der Waals surface area (Å²) in [5.74, 6) is 0. The van der Waals surface area contributed by atoms with Crippen molar-refractivity contribution in [3.05, 3.63) is 28.8 Å². The molecule has 2 N–H and O–H groups in total. The van der Waals surface area contributed by atoms with Crippen LogP contribution in [0.4, 0.5) is 5.69 Å². The number of anilines is 1. The summed E-state index contributed by atoms with van der Waals surface area (Å²) in [6.07, 6.45) is 0. The standard InChI is InChI=1S/C10H13ClN2S/c1-3-13(2)7-4-5-8(10(12)14)9(11)6-7/h4-6H,3H2,1-2H3,(H2,12,14). The smallest absolute Gasteiger partial charge is 0.105 e. The Bertz CT molecular complexity index is 352. The molecule has 2 nitrogen and oxygen atoms in total. The van der Waals surface area contributed by atoms with Crippen molar-refractivity contribution in [1.82, 2.24) is 0 Å². The van der Waals surface area contributed by atoms with Crippen molar-refractivity contribution in [2.45, 2.75) is 6.92 Å². The van der Waals surface area contributed by atoms with E-state index in [0.717, 1.165) is 17.8 Å². The molecule has 0 saturated carbocycles. The number of rotatable bonds is 3. The second-order valence-corrected chi connectivity index (χ2v) is 3.89. The van der Waals surface area contributed by atoms with Gasteiger partial charge in [0.05, 0.1) is 5.02 Å². The minimum Gasteiger partial charge on any atom is -0.389 e. The first-order valence-electron chi connectivity index (χ1n) is 4.36. The fourth-order valence-corrected chi connectivity index (χ4v) is 1.63. The number of benzene rings is 1. The molecule has 0 fully saturated rings. The highest BCUT2D eigenvalue weighted by Crippen LogP contribution is 2.22. The van der Waals surface area contributed by atoms with E-state index in [-0.39, 0.29) is 0 Å². The third-order valence-corrected chi connectivity index (χ3v) is 2.67. The van der Waals surface area contributed by atoms with E-state index >= 15 is 0 Å².